The van der Waals surface area contributed by atoms with Crippen LogP contribution in [0.3, 0.4) is 0 Å². The average molecular weight is 298 g/mol. The highest BCUT2D eigenvalue weighted by molar-refractivity contribution is 5.88. The van der Waals surface area contributed by atoms with Gasteiger partial charge >= 0.3 is 5.97 Å². The van der Waals surface area contributed by atoms with Crippen molar-refractivity contribution >= 4 is 17.8 Å². The van der Waals surface area contributed by atoms with Gasteiger partial charge in [-0.1, -0.05) is 12.5 Å². The Hall–Kier alpha value is -1.85. The Morgan fingerprint density at radius 1 is 1.24 bits per heavy atom. The van der Waals surface area contributed by atoms with E-state index in [0.717, 1.165) is 5.57 Å². The van der Waals surface area contributed by atoms with Gasteiger partial charge in [-0.15, -0.1) is 0 Å². The van der Waals surface area contributed by atoms with Gasteiger partial charge in [0.15, 0.2) is 0 Å². The Labute approximate surface area is 126 Å². The lowest BCUT2D eigenvalue weighted by molar-refractivity contribution is -0.146. The van der Waals surface area contributed by atoms with Crippen molar-refractivity contribution in [3.05, 3.63) is 11.6 Å². The van der Waals surface area contributed by atoms with E-state index in [-0.39, 0.29) is 23.7 Å². The molecule has 1 atom stereocenters. The zero-order valence-electron chi connectivity index (χ0n) is 13.6. The van der Waals surface area contributed by atoms with E-state index < -0.39 is 0 Å². The Morgan fingerprint density at radius 2 is 1.86 bits per heavy atom. The van der Waals surface area contributed by atoms with E-state index in [1.165, 1.54) is 14.0 Å². The number of allylic oxidation sites excluding steroid dienone is 1. The maximum atomic E-state index is 12.1. The number of nitrogens with one attached hydrogen (secondary N) is 1. The van der Waals surface area contributed by atoms with Gasteiger partial charge in [0.05, 0.1) is 13.0 Å². The molecule has 0 saturated heterocycles. The molecule has 21 heavy (non-hydrogen) atoms. The molecule has 0 rings (SSSR count). The molecule has 0 spiro atoms. The van der Waals surface area contributed by atoms with E-state index >= 15 is 0 Å². The number of amides is 2. The highest BCUT2D eigenvalue weighted by atomic mass is 16.5. The zero-order chi connectivity index (χ0) is 16.4. The molecule has 120 valence electrons. The van der Waals surface area contributed by atoms with Crippen molar-refractivity contribution in [3.63, 3.8) is 0 Å². The van der Waals surface area contributed by atoms with Gasteiger partial charge in [-0.25, -0.2) is 0 Å². The molecule has 0 aromatic carbocycles. The topological polar surface area (TPSA) is 75.7 Å². The molecule has 0 aliphatic rings. The van der Waals surface area contributed by atoms with Crippen LogP contribution in [0.25, 0.3) is 0 Å². The van der Waals surface area contributed by atoms with Gasteiger partial charge in [-0.3, -0.25) is 14.4 Å². The van der Waals surface area contributed by atoms with Gasteiger partial charge in [0.2, 0.25) is 11.8 Å². The molecule has 0 radical (unpaired) electrons. The smallest absolute Gasteiger partial charge is 0.310 e. The van der Waals surface area contributed by atoms with E-state index in [4.69, 9.17) is 0 Å². The maximum absolute atomic E-state index is 12.1. The van der Waals surface area contributed by atoms with Gasteiger partial charge in [0.25, 0.3) is 0 Å². The van der Waals surface area contributed by atoms with E-state index in [0.29, 0.717) is 26.1 Å². The normalized spacial score (nSPS) is 11.3. The first-order chi connectivity index (χ1) is 9.77. The van der Waals surface area contributed by atoms with Crippen LogP contribution in [0.1, 0.15) is 34.1 Å². The summed E-state index contributed by atoms with van der Waals surface area (Å²) < 4.78 is 4.68. The maximum Gasteiger partial charge on any atom is 0.310 e. The summed E-state index contributed by atoms with van der Waals surface area (Å²) in [7, 11) is 1.33. The summed E-state index contributed by atoms with van der Waals surface area (Å²) >= 11 is 0. The van der Waals surface area contributed by atoms with Crippen LogP contribution in [0.4, 0.5) is 0 Å². The van der Waals surface area contributed by atoms with Crippen LogP contribution in [0.2, 0.25) is 0 Å². The molecule has 6 nitrogen and oxygen atoms in total. The fourth-order valence-corrected chi connectivity index (χ4v) is 1.77. The van der Waals surface area contributed by atoms with Crippen LogP contribution in [0.5, 0.6) is 0 Å². The van der Waals surface area contributed by atoms with Crippen LogP contribution in [0.15, 0.2) is 11.6 Å². The minimum Gasteiger partial charge on any atom is -0.469 e. The van der Waals surface area contributed by atoms with Crippen LogP contribution in [-0.2, 0) is 19.1 Å². The quantitative estimate of drug-likeness (QED) is 0.414. The first-order valence-corrected chi connectivity index (χ1v) is 7.04. The molecule has 1 N–H and O–H groups in total. The molecule has 2 amide bonds. The number of carbonyl (C=O) groups excluding carboxylic acids is 3. The van der Waals surface area contributed by atoms with Gasteiger partial charge in [0.1, 0.15) is 0 Å². The third-order valence-electron chi connectivity index (χ3n) is 2.80. The zero-order valence-corrected chi connectivity index (χ0v) is 13.6. The third kappa shape index (κ3) is 8.83. The monoisotopic (exact) mass is 298 g/mol. The summed E-state index contributed by atoms with van der Waals surface area (Å²) in [5.41, 5.74) is 0.901. The lowest BCUT2D eigenvalue weighted by atomic mass is 10.1. The molecule has 0 aromatic rings. The van der Waals surface area contributed by atoms with E-state index in [1.807, 2.05) is 13.8 Å². The fourth-order valence-electron chi connectivity index (χ4n) is 1.77. The Balaban J connectivity index is 4.61. The van der Waals surface area contributed by atoms with Gasteiger partial charge in [0, 0.05) is 32.6 Å². The summed E-state index contributed by atoms with van der Waals surface area (Å²) in [5, 5.41) is 2.68. The van der Waals surface area contributed by atoms with E-state index in [9.17, 15) is 14.4 Å². The molecule has 0 aliphatic carbocycles. The van der Waals surface area contributed by atoms with Crippen molar-refractivity contribution < 1.29 is 19.1 Å². The lowest BCUT2D eigenvalue weighted by Crippen LogP contribution is -2.38. The van der Waals surface area contributed by atoms with Crippen molar-refractivity contribution in [2.24, 2.45) is 5.92 Å². The Morgan fingerprint density at radius 3 is 2.33 bits per heavy atom. The number of carbonyl (C=O) groups is 3. The SMILES string of the molecule is COC(=O)C(C)CN(CCCNC(C)=O)C(=O)C=C(C)C. The first kappa shape index (κ1) is 19.1. The number of methoxy groups -OCH3 is 1. The molecule has 0 aliphatic heterocycles. The summed E-state index contributed by atoms with van der Waals surface area (Å²) in [5.74, 6) is -0.953. The first-order valence-electron chi connectivity index (χ1n) is 7.04. The molecular weight excluding hydrogens is 272 g/mol. The second kappa shape index (κ2) is 9.96. The van der Waals surface area contributed by atoms with Crippen molar-refractivity contribution in [2.45, 2.75) is 34.1 Å². The average Bonchev–Trinajstić information content (AvgIpc) is 2.39. The van der Waals surface area contributed by atoms with Crippen molar-refractivity contribution in [1.82, 2.24) is 10.2 Å². The minimum atomic E-state index is -0.384. The number of nitrogens with zero attached hydrogens (tertiary/aromatic N) is 1. The fraction of sp³-hybridized carbons (Fsp3) is 0.667. The predicted molar refractivity (Wildman–Crippen MR) is 80.5 cm³/mol. The molecule has 0 fully saturated rings. The van der Waals surface area contributed by atoms with Crippen LogP contribution < -0.4 is 5.32 Å². The minimum absolute atomic E-state index is 0.0971. The summed E-state index contributed by atoms with van der Waals surface area (Å²) in [4.78, 5) is 36.0. The Kier molecular flexibility index (Phi) is 9.08. The summed E-state index contributed by atoms with van der Waals surface area (Å²) in [6.07, 6.45) is 2.18. The standard InChI is InChI=1S/C15H26N2O4/c1-11(2)9-14(19)17(8-6-7-16-13(4)18)10-12(3)15(20)21-5/h9,12H,6-8,10H2,1-5H3,(H,16,18). The van der Waals surface area contributed by atoms with E-state index in [2.05, 4.69) is 10.1 Å². The molecule has 0 aromatic heterocycles. The Bertz CT molecular complexity index is 400. The number of esters is 1. The van der Waals surface area contributed by atoms with Gasteiger partial charge in [-0.05, 0) is 20.3 Å². The second-order valence-electron chi connectivity index (χ2n) is 5.27. The summed E-state index contributed by atoms with van der Waals surface area (Å²) in [6.45, 7) is 8.14. The number of hydrogen-bond donors (Lipinski definition) is 1. The second-order valence-corrected chi connectivity index (χ2v) is 5.27. The number of hydrogen-bond acceptors (Lipinski definition) is 4. The molecule has 0 saturated carbocycles. The molecule has 0 heterocycles. The van der Waals surface area contributed by atoms with Gasteiger partial charge in [-0.2, -0.15) is 0 Å². The predicted octanol–water partition coefficient (Wildman–Crippen LogP) is 1.12. The van der Waals surface area contributed by atoms with Crippen LogP contribution in [0, 0.1) is 5.92 Å². The third-order valence-corrected chi connectivity index (χ3v) is 2.80. The van der Waals surface area contributed by atoms with Crippen LogP contribution >= 0.6 is 0 Å². The highest BCUT2D eigenvalue weighted by Crippen LogP contribution is 2.05. The van der Waals surface area contributed by atoms with Crippen molar-refractivity contribution in [3.8, 4) is 0 Å². The van der Waals surface area contributed by atoms with Crippen LogP contribution in [-0.4, -0.2) is 49.4 Å². The van der Waals surface area contributed by atoms with E-state index in [1.54, 1.807) is 17.9 Å². The molecule has 6 heteroatoms. The van der Waals surface area contributed by atoms with Crippen molar-refractivity contribution in [1.29, 1.82) is 0 Å². The molecule has 0 bridgehead atoms. The number of ether oxygens (including phenoxy) is 1. The largest absolute Gasteiger partial charge is 0.469 e. The highest BCUT2D eigenvalue weighted by Gasteiger charge is 2.20. The summed E-state index contributed by atoms with van der Waals surface area (Å²) in [6, 6.07) is 0. The van der Waals surface area contributed by atoms with Crippen molar-refractivity contribution in [2.75, 3.05) is 26.7 Å². The number of rotatable bonds is 8. The molecular formula is C15H26N2O4. The van der Waals surface area contributed by atoms with Gasteiger partial charge < -0.3 is 15.0 Å². The molecule has 1 unspecified atom stereocenters. The lowest BCUT2D eigenvalue weighted by Gasteiger charge is -2.24.